The average Bonchev–Trinajstić information content (AvgIpc) is 2.41. The zero-order chi connectivity index (χ0) is 15.6. The topological polar surface area (TPSA) is 98.5 Å². The van der Waals surface area contributed by atoms with Gasteiger partial charge in [-0.15, -0.1) is 0 Å². The van der Waals surface area contributed by atoms with E-state index in [1.165, 1.54) is 12.3 Å². The van der Waals surface area contributed by atoms with Crippen molar-refractivity contribution in [3.8, 4) is 0 Å². The van der Waals surface area contributed by atoms with E-state index in [0.717, 1.165) is 4.57 Å². The highest BCUT2D eigenvalue weighted by Gasteiger charge is 2.18. The molecule has 110 valence electrons. The summed E-state index contributed by atoms with van der Waals surface area (Å²) < 4.78 is 6.40. The van der Waals surface area contributed by atoms with Crippen LogP contribution in [0.2, 0.25) is 0 Å². The summed E-state index contributed by atoms with van der Waals surface area (Å²) in [6.45, 7) is 1.15. The van der Waals surface area contributed by atoms with Crippen LogP contribution in [0.5, 0.6) is 0 Å². The fourth-order valence-corrected chi connectivity index (χ4v) is 2.22. The summed E-state index contributed by atoms with van der Waals surface area (Å²) >= 11 is 3.24. The Labute approximate surface area is 127 Å². The summed E-state index contributed by atoms with van der Waals surface area (Å²) in [5.41, 5.74) is -0.762. The van der Waals surface area contributed by atoms with Gasteiger partial charge in [-0.2, -0.15) is 0 Å². The monoisotopic (exact) mass is 354 g/mol. The van der Waals surface area contributed by atoms with Crippen LogP contribution in [-0.2, 0) is 16.1 Å². The van der Waals surface area contributed by atoms with Crippen molar-refractivity contribution in [2.75, 3.05) is 6.61 Å². The summed E-state index contributed by atoms with van der Waals surface area (Å²) in [6.07, 6.45) is 1.45. The summed E-state index contributed by atoms with van der Waals surface area (Å²) in [6, 6.07) is 2.99. The molecule has 0 unspecified atom stereocenters. The van der Waals surface area contributed by atoms with Crippen LogP contribution in [-0.4, -0.2) is 33.2 Å². The fourth-order valence-electron chi connectivity index (χ4n) is 1.88. The molecule has 2 heterocycles. The van der Waals surface area contributed by atoms with Crippen molar-refractivity contribution in [2.45, 2.75) is 13.5 Å². The Kier molecular flexibility index (Phi) is 4.37. The minimum Gasteiger partial charge on any atom is -0.480 e. The number of halogens is 1. The van der Waals surface area contributed by atoms with Crippen LogP contribution in [0.1, 0.15) is 17.3 Å². The molecule has 21 heavy (non-hydrogen) atoms. The summed E-state index contributed by atoms with van der Waals surface area (Å²) in [5, 5.41) is 9.39. The van der Waals surface area contributed by atoms with Crippen LogP contribution >= 0.6 is 15.9 Å². The third-order valence-corrected chi connectivity index (χ3v) is 3.12. The lowest BCUT2D eigenvalue weighted by atomic mass is 10.2. The van der Waals surface area contributed by atoms with Gasteiger partial charge in [0.05, 0.1) is 6.61 Å². The molecule has 0 amide bonds. The van der Waals surface area contributed by atoms with Crippen molar-refractivity contribution < 1.29 is 19.4 Å². The van der Waals surface area contributed by atoms with Gasteiger partial charge in [-0.1, -0.05) is 0 Å². The molecule has 0 atom stereocenters. The van der Waals surface area contributed by atoms with E-state index in [2.05, 4.69) is 20.9 Å². The molecule has 0 aliphatic rings. The van der Waals surface area contributed by atoms with Gasteiger partial charge in [0.2, 0.25) is 0 Å². The van der Waals surface area contributed by atoms with Gasteiger partial charge < -0.3 is 9.84 Å². The molecule has 2 aromatic rings. The van der Waals surface area contributed by atoms with Crippen molar-refractivity contribution in [3.63, 3.8) is 0 Å². The summed E-state index contributed by atoms with van der Waals surface area (Å²) in [7, 11) is 0. The first-order valence-electron chi connectivity index (χ1n) is 6.02. The molecule has 0 bridgehead atoms. The van der Waals surface area contributed by atoms with Gasteiger partial charge >= 0.3 is 11.9 Å². The lowest BCUT2D eigenvalue weighted by Gasteiger charge is -2.10. The molecular weight excluding hydrogens is 344 g/mol. The zero-order valence-electron chi connectivity index (χ0n) is 11.0. The van der Waals surface area contributed by atoms with E-state index in [4.69, 9.17) is 9.84 Å². The second-order valence-corrected chi connectivity index (χ2v) is 5.05. The normalized spacial score (nSPS) is 10.6. The van der Waals surface area contributed by atoms with Crippen LogP contribution in [0.15, 0.2) is 27.6 Å². The molecule has 0 aromatic carbocycles. The summed E-state index contributed by atoms with van der Waals surface area (Å²) in [4.78, 5) is 39.1. The predicted molar refractivity (Wildman–Crippen MR) is 77.3 cm³/mol. The number of carbonyl (C=O) groups is 2. The van der Waals surface area contributed by atoms with E-state index in [1.54, 1.807) is 13.0 Å². The number of esters is 1. The van der Waals surface area contributed by atoms with Crippen molar-refractivity contribution in [3.05, 3.63) is 38.7 Å². The molecule has 2 rings (SSSR count). The smallest absolute Gasteiger partial charge is 0.343 e. The number of aliphatic carboxylic acids is 1. The molecule has 1 N–H and O–H groups in total. The average molecular weight is 355 g/mol. The maximum atomic E-state index is 12.3. The van der Waals surface area contributed by atoms with E-state index in [-0.39, 0.29) is 17.8 Å². The lowest BCUT2D eigenvalue weighted by molar-refractivity contribution is -0.137. The molecule has 0 fully saturated rings. The standard InChI is InChI=1S/C13H11BrN2O5/c1-2-21-13(20)9-4-7-3-8(14)5-15-11(7)16(12(9)19)6-10(17)18/h3-5H,2,6H2,1H3,(H,17,18). The molecule has 0 radical (unpaired) electrons. The molecule has 0 spiro atoms. The second-order valence-electron chi connectivity index (χ2n) is 4.13. The third-order valence-electron chi connectivity index (χ3n) is 2.68. The fraction of sp³-hybridized carbons (Fsp3) is 0.231. The van der Waals surface area contributed by atoms with Gasteiger partial charge in [-0.3, -0.25) is 14.2 Å². The molecular formula is C13H11BrN2O5. The Balaban J connectivity index is 2.76. The van der Waals surface area contributed by atoms with Crippen LogP contribution in [0.25, 0.3) is 11.0 Å². The quantitative estimate of drug-likeness (QED) is 0.833. The third kappa shape index (κ3) is 3.10. The number of nitrogens with zero attached hydrogens (tertiary/aromatic N) is 2. The van der Waals surface area contributed by atoms with Gasteiger partial charge in [0.25, 0.3) is 5.56 Å². The number of rotatable bonds is 4. The zero-order valence-corrected chi connectivity index (χ0v) is 12.6. The molecule has 0 saturated carbocycles. The van der Waals surface area contributed by atoms with Crippen LogP contribution in [0.4, 0.5) is 0 Å². The van der Waals surface area contributed by atoms with Crippen molar-refractivity contribution in [1.82, 2.24) is 9.55 Å². The molecule has 8 heteroatoms. The number of aromatic nitrogens is 2. The van der Waals surface area contributed by atoms with Crippen LogP contribution in [0.3, 0.4) is 0 Å². The highest BCUT2D eigenvalue weighted by molar-refractivity contribution is 9.10. The van der Waals surface area contributed by atoms with Gasteiger partial charge in [-0.25, -0.2) is 9.78 Å². The van der Waals surface area contributed by atoms with E-state index in [0.29, 0.717) is 9.86 Å². The lowest BCUT2D eigenvalue weighted by Crippen LogP contribution is -2.30. The number of pyridine rings is 2. The minimum absolute atomic E-state index is 0.117. The SMILES string of the molecule is CCOC(=O)c1cc2cc(Br)cnc2n(CC(=O)O)c1=O. The minimum atomic E-state index is -1.20. The number of carbonyl (C=O) groups excluding carboxylic acids is 1. The number of fused-ring (bicyclic) bond motifs is 1. The van der Waals surface area contributed by atoms with E-state index in [1.807, 2.05) is 0 Å². The van der Waals surface area contributed by atoms with Crippen molar-refractivity contribution in [1.29, 1.82) is 0 Å². The predicted octanol–water partition coefficient (Wildman–Crippen LogP) is 1.42. The summed E-state index contributed by atoms with van der Waals surface area (Å²) in [5.74, 6) is -1.99. The van der Waals surface area contributed by atoms with Crippen molar-refractivity contribution in [2.24, 2.45) is 0 Å². The van der Waals surface area contributed by atoms with Crippen LogP contribution < -0.4 is 5.56 Å². The second kappa shape index (κ2) is 6.04. The first kappa shape index (κ1) is 15.2. The molecule has 2 aromatic heterocycles. The van der Waals surface area contributed by atoms with E-state index < -0.39 is 24.0 Å². The van der Waals surface area contributed by atoms with E-state index in [9.17, 15) is 14.4 Å². The highest BCUT2D eigenvalue weighted by atomic mass is 79.9. The highest BCUT2D eigenvalue weighted by Crippen LogP contribution is 2.17. The van der Waals surface area contributed by atoms with Crippen molar-refractivity contribution >= 4 is 38.9 Å². The van der Waals surface area contributed by atoms with Gasteiger partial charge in [-0.05, 0) is 35.0 Å². The number of hydrogen-bond acceptors (Lipinski definition) is 5. The van der Waals surface area contributed by atoms with Crippen LogP contribution in [0, 0.1) is 0 Å². The largest absolute Gasteiger partial charge is 0.480 e. The Morgan fingerprint density at radius 2 is 2.14 bits per heavy atom. The number of carboxylic acids is 1. The van der Waals surface area contributed by atoms with Gasteiger partial charge in [0, 0.05) is 16.1 Å². The van der Waals surface area contributed by atoms with Gasteiger partial charge in [0.1, 0.15) is 17.8 Å². The number of carboxylic acid groups (broad SMARTS) is 1. The van der Waals surface area contributed by atoms with E-state index >= 15 is 0 Å². The first-order valence-corrected chi connectivity index (χ1v) is 6.81. The first-order chi connectivity index (χ1) is 9.93. The maximum absolute atomic E-state index is 12.3. The Bertz CT molecular complexity index is 784. The number of hydrogen-bond donors (Lipinski definition) is 1. The Morgan fingerprint density at radius 3 is 2.76 bits per heavy atom. The Morgan fingerprint density at radius 1 is 1.43 bits per heavy atom. The number of ether oxygens (including phenoxy) is 1. The molecule has 7 nitrogen and oxygen atoms in total. The Hall–Kier alpha value is -2.22. The molecule has 0 saturated heterocycles. The maximum Gasteiger partial charge on any atom is 0.343 e. The molecule has 0 aliphatic heterocycles. The molecule has 0 aliphatic carbocycles. The van der Waals surface area contributed by atoms with Gasteiger partial charge in [0.15, 0.2) is 0 Å².